The van der Waals surface area contributed by atoms with E-state index in [9.17, 15) is 13.2 Å². The average molecular weight is 252 g/mol. The summed E-state index contributed by atoms with van der Waals surface area (Å²) in [7, 11) is -2.27. The van der Waals surface area contributed by atoms with Gasteiger partial charge in [0, 0.05) is 19.7 Å². The van der Waals surface area contributed by atoms with E-state index >= 15 is 0 Å². The molecule has 0 spiro atoms. The van der Waals surface area contributed by atoms with Crippen LogP contribution in [0.2, 0.25) is 0 Å². The molecule has 16 heavy (non-hydrogen) atoms. The predicted molar refractivity (Wildman–Crippen MR) is 56.2 cm³/mol. The lowest BCUT2D eigenvalue weighted by Crippen LogP contribution is -2.45. The molecule has 1 aliphatic rings. The number of carboxylic acid groups (broad SMARTS) is 1. The number of nitrogens with zero attached hydrogens (tertiary/aromatic N) is 1. The summed E-state index contributed by atoms with van der Waals surface area (Å²) in [6.07, 6.45) is 1.62. The van der Waals surface area contributed by atoms with Crippen LogP contribution in [0.25, 0.3) is 0 Å². The Morgan fingerprint density at radius 2 is 2.19 bits per heavy atom. The SMILES string of the molecule is COCCN(CC(=O)O)S(=O)(=O)NC1CC1. The Bertz CT molecular complexity index is 338. The van der Waals surface area contributed by atoms with Crippen LogP contribution in [0.4, 0.5) is 0 Å². The monoisotopic (exact) mass is 252 g/mol. The van der Waals surface area contributed by atoms with E-state index in [1.54, 1.807) is 0 Å². The second-order valence-corrected chi connectivity index (χ2v) is 5.32. The van der Waals surface area contributed by atoms with Crippen molar-refractivity contribution in [2.45, 2.75) is 18.9 Å². The van der Waals surface area contributed by atoms with Crippen molar-refractivity contribution in [3.8, 4) is 0 Å². The maximum atomic E-state index is 11.7. The molecule has 94 valence electrons. The molecule has 0 bridgehead atoms. The number of rotatable bonds is 8. The first-order valence-electron chi connectivity index (χ1n) is 4.94. The summed E-state index contributed by atoms with van der Waals surface area (Å²) < 4.78 is 31.5. The number of nitrogens with one attached hydrogen (secondary N) is 1. The third-order valence-corrected chi connectivity index (χ3v) is 3.71. The van der Waals surface area contributed by atoms with Gasteiger partial charge in [-0.2, -0.15) is 17.4 Å². The standard InChI is InChI=1S/C8H16N2O5S/c1-15-5-4-10(6-8(11)12)16(13,14)9-7-2-3-7/h7,9H,2-6H2,1H3,(H,11,12). The van der Waals surface area contributed by atoms with Gasteiger partial charge < -0.3 is 9.84 Å². The molecule has 0 amide bonds. The van der Waals surface area contributed by atoms with E-state index in [2.05, 4.69) is 4.72 Å². The van der Waals surface area contributed by atoms with Crippen molar-refractivity contribution >= 4 is 16.2 Å². The lowest BCUT2D eigenvalue weighted by molar-refractivity contribution is -0.137. The Hall–Kier alpha value is -0.700. The van der Waals surface area contributed by atoms with Gasteiger partial charge in [0.25, 0.3) is 10.2 Å². The molecule has 0 radical (unpaired) electrons. The maximum absolute atomic E-state index is 11.7. The fraction of sp³-hybridized carbons (Fsp3) is 0.875. The molecule has 1 aliphatic carbocycles. The highest BCUT2D eigenvalue weighted by molar-refractivity contribution is 7.87. The van der Waals surface area contributed by atoms with Gasteiger partial charge in [-0.3, -0.25) is 4.79 Å². The van der Waals surface area contributed by atoms with Gasteiger partial charge in [0.05, 0.1) is 6.61 Å². The van der Waals surface area contributed by atoms with Crippen LogP contribution < -0.4 is 4.72 Å². The van der Waals surface area contributed by atoms with Crippen LogP contribution in [0.1, 0.15) is 12.8 Å². The van der Waals surface area contributed by atoms with Gasteiger partial charge in [-0.1, -0.05) is 0 Å². The average Bonchev–Trinajstić information content (AvgIpc) is 2.94. The van der Waals surface area contributed by atoms with Crippen LogP contribution in [0.15, 0.2) is 0 Å². The first-order valence-corrected chi connectivity index (χ1v) is 6.38. The third kappa shape index (κ3) is 4.44. The van der Waals surface area contributed by atoms with Crippen LogP contribution in [-0.4, -0.2) is 56.6 Å². The van der Waals surface area contributed by atoms with Gasteiger partial charge in [0.2, 0.25) is 0 Å². The highest BCUT2D eigenvalue weighted by Gasteiger charge is 2.31. The molecular weight excluding hydrogens is 236 g/mol. The van der Waals surface area contributed by atoms with Gasteiger partial charge >= 0.3 is 5.97 Å². The predicted octanol–water partition coefficient (Wildman–Crippen LogP) is -0.984. The summed E-state index contributed by atoms with van der Waals surface area (Å²) in [4.78, 5) is 10.5. The summed E-state index contributed by atoms with van der Waals surface area (Å²) in [5.74, 6) is -1.18. The molecule has 8 heteroatoms. The van der Waals surface area contributed by atoms with E-state index < -0.39 is 22.7 Å². The van der Waals surface area contributed by atoms with Crippen molar-refractivity contribution in [2.75, 3.05) is 26.8 Å². The molecule has 1 fully saturated rings. The fourth-order valence-electron chi connectivity index (χ4n) is 1.11. The zero-order valence-corrected chi connectivity index (χ0v) is 9.87. The quantitative estimate of drug-likeness (QED) is 0.578. The van der Waals surface area contributed by atoms with E-state index in [1.165, 1.54) is 7.11 Å². The Balaban J connectivity index is 2.60. The lowest BCUT2D eigenvalue weighted by atomic mass is 10.6. The van der Waals surface area contributed by atoms with E-state index in [-0.39, 0.29) is 19.2 Å². The van der Waals surface area contributed by atoms with Crippen LogP contribution in [-0.2, 0) is 19.7 Å². The normalized spacial score (nSPS) is 16.6. The van der Waals surface area contributed by atoms with Gasteiger partial charge in [0.15, 0.2) is 0 Å². The van der Waals surface area contributed by atoms with Crippen molar-refractivity contribution in [2.24, 2.45) is 0 Å². The van der Waals surface area contributed by atoms with Crippen molar-refractivity contribution in [3.05, 3.63) is 0 Å². The number of methoxy groups -OCH3 is 1. The van der Waals surface area contributed by atoms with Crippen LogP contribution in [0, 0.1) is 0 Å². The molecule has 1 rings (SSSR count). The van der Waals surface area contributed by atoms with E-state index in [1.807, 2.05) is 0 Å². The van der Waals surface area contributed by atoms with E-state index in [0.29, 0.717) is 0 Å². The van der Waals surface area contributed by atoms with Crippen LogP contribution >= 0.6 is 0 Å². The number of carboxylic acids is 1. The van der Waals surface area contributed by atoms with Gasteiger partial charge in [-0.05, 0) is 12.8 Å². The summed E-state index contributed by atoms with van der Waals surface area (Å²) in [6, 6.07) is -0.0381. The van der Waals surface area contributed by atoms with Crippen molar-refractivity contribution in [3.63, 3.8) is 0 Å². The zero-order valence-electron chi connectivity index (χ0n) is 9.05. The summed E-state index contributed by atoms with van der Waals surface area (Å²) in [5.41, 5.74) is 0. The zero-order chi connectivity index (χ0) is 12.2. The van der Waals surface area contributed by atoms with Crippen LogP contribution in [0.3, 0.4) is 0 Å². The smallest absolute Gasteiger partial charge is 0.318 e. The summed E-state index contributed by atoms with van der Waals surface area (Å²) >= 11 is 0. The van der Waals surface area contributed by atoms with Crippen LogP contribution in [0.5, 0.6) is 0 Å². The topological polar surface area (TPSA) is 95.9 Å². The Morgan fingerprint density at radius 3 is 2.62 bits per heavy atom. The Labute approximate surface area is 94.6 Å². The largest absolute Gasteiger partial charge is 0.480 e. The number of aliphatic carboxylic acids is 1. The van der Waals surface area contributed by atoms with Crippen molar-refractivity contribution < 1.29 is 23.1 Å². The second kappa shape index (κ2) is 5.58. The molecule has 7 nitrogen and oxygen atoms in total. The lowest BCUT2D eigenvalue weighted by Gasteiger charge is -2.20. The molecule has 0 saturated heterocycles. The highest BCUT2D eigenvalue weighted by atomic mass is 32.2. The number of ether oxygens (including phenoxy) is 1. The summed E-state index contributed by atoms with van der Waals surface area (Å²) in [6.45, 7) is -0.352. The van der Waals surface area contributed by atoms with Gasteiger partial charge in [-0.15, -0.1) is 0 Å². The Kier molecular flexibility index (Phi) is 4.66. The highest BCUT2D eigenvalue weighted by Crippen LogP contribution is 2.20. The second-order valence-electron chi connectivity index (χ2n) is 3.62. The van der Waals surface area contributed by atoms with E-state index in [4.69, 9.17) is 9.84 Å². The van der Waals surface area contributed by atoms with Gasteiger partial charge in [-0.25, -0.2) is 0 Å². The number of hydrogen-bond donors (Lipinski definition) is 2. The minimum atomic E-state index is -3.70. The molecule has 1 saturated carbocycles. The molecule has 0 aromatic heterocycles. The molecule has 0 heterocycles. The van der Waals surface area contributed by atoms with Crippen molar-refractivity contribution in [1.82, 2.24) is 9.03 Å². The maximum Gasteiger partial charge on any atom is 0.318 e. The Morgan fingerprint density at radius 1 is 1.56 bits per heavy atom. The first-order chi connectivity index (χ1) is 7.45. The minimum Gasteiger partial charge on any atom is -0.480 e. The molecule has 0 aromatic rings. The first kappa shape index (κ1) is 13.4. The molecule has 0 unspecified atom stereocenters. The van der Waals surface area contributed by atoms with E-state index in [0.717, 1.165) is 17.1 Å². The summed E-state index contributed by atoms with van der Waals surface area (Å²) in [5, 5.41) is 8.62. The van der Waals surface area contributed by atoms with Crippen molar-refractivity contribution in [1.29, 1.82) is 0 Å². The number of carbonyl (C=O) groups is 1. The molecule has 2 N–H and O–H groups in total. The molecule has 0 aromatic carbocycles. The third-order valence-electron chi connectivity index (χ3n) is 2.09. The fourth-order valence-corrected chi connectivity index (χ4v) is 2.52. The van der Waals surface area contributed by atoms with Gasteiger partial charge in [0.1, 0.15) is 6.54 Å². The molecule has 0 aliphatic heterocycles. The number of hydrogen-bond acceptors (Lipinski definition) is 4. The molecular formula is C8H16N2O5S. The molecule has 0 atom stereocenters. The minimum absolute atomic E-state index is 0.0326.